The summed E-state index contributed by atoms with van der Waals surface area (Å²) in [5.41, 5.74) is 9.48. The normalized spacial score (nSPS) is 11.2. The monoisotopic (exact) mass is 426 g/mol. The molecule has 6 rings (SSSR count). The van der Waals surface area contributed by atoms with Gasteiger partial charge in [0.25, 0.3) is 0 Å². The molecule has 0 saturated heterocycles. The molecule has 3 aromatic carbocycles. The molecule has 33 heavy (non-hydrogen) atoms. The minimum atomic E-state index is 0.829. The van der Waals surface area contributed by atoms with Gasteiger partial charge in [-0.1, -0.05) is 66.2 Å². The Hall–Kier alpha value is -4.44. The van der Waals surface area contributed by atoms with Crippen molar-refractivity contribution < 1.29 is 0 Å². The van der Waals surface area contributed by atoms with Crippen LogP contribution in [0.3, 0.4) is 0 Å². The zero-order chi connectivity index (χ0) is 22.2. The van der Waals surface area contributed by atoms with Gasteiger partial charge >= 0.3 is 0 Å². The lowest BCUT2D eigenvalue weighted by molar-refractivity contribution is 1.06. The Labute approximate surface area is 192 Å². The van der Waals surface area contributed by atoms with Crippen molar-refractivity contribution in [3.8, 4) is 39.7 Å². The van der Waals surface area contributed by atoms with Gasteiger partial charge in [0.2, 0.25) is 0 Å². The minimum absolute atomic E-state index is 0.829. The number of para-hydroxylation sites is 3. The van der Waals surface area contributed by atoms with Gasteiger partial charge in [0, 0.05) is 17.4 Å². The molecule has 0 aliphatic carbocycles. The Morgan fingerprint density at radius 1 is 0.758 bits per heavy atom. The Morgan fingerprint density at radius 3 is 2.27 bits per heavy atom. The van der Waals surface area contributed by atoms with E-state index in [9.17, 15) is 0 Å². The van der Waals surface area contributed by atoms with Gasteiger partial charge in [-0.15, -0.1) is 0 Å². The third-order valence-corrected chi connectivity index (χ3v) is 5.92. The van der Waals surface area contributed by atoms with Crippen molar-refractivity contribution in [2.24, 2.45) is 0 Å². The van der Waals surface area contributed by atoms with E-state index < -0.39 is 0 Å². The number of hydrogen-bond donors (Lipinski definition) is 1. The maximum atomic E-state index is 4.93. The van der Waals surface area contributed by atoms with Gasteiger partial charge in [-0.3, -0.25) is 4.98 Å². The first-order valence-corrected chi connectivity index (χ1v) is 11.0. The van der Waals surface area contributed by atoms with E-state index in [4.69, 9.17) is 9.97 Å². The first kappa shape index (κ1) is 19.3. The van der Waals surface area contributed by atoms with E-state index in [0.29, 0.717) is 0 Å². The standard InChI is InChI=1S/C29H22N4/c1-20-14-16-21(17-15-20)23-19-27(29-31-24-11-5-6-12-25(24)32-29)33(22-9-3-2-4-10-22)28(23)26-13-7-8-18-30-26/h2-19H,1H3,(H,31,32). The van der Waals surface area contributed by atoms with E-state index in [2.05, 4.69) is 83.2 Å². The number of fused-ring (bicyclic) bond motifs is 1. The summed E-state index contributed by atoms with van der Waals surface area (Å²) < 4.78 is 2.26. The summed E-state index contributed by atoms with van der Waals surface area (Å²) >= 11 is 0. The molecular weight excluding hydrogens is 404 g/mol. The maximum absolute atomic E-state index is 4.93. The molecule has 0 aliphatic heterocycles. The molecule has 158 valence electrons. The Bertz CT molecular complexity index is 1510. The van der Waals surface area contributed by atoms with E-state index in [1.807, 2.05) is 42.6 Å². The van der Waals surface area contributed by atoms with Crippen LogP contribution >= 0.6 is 0 Å². The molecule has 0 unspecified atom stereocenters. The van der Waals surface area contributed by atoms with Crippen LogP contribution in [0.4, 0.5) is 0 Å². The highest BCUT2D eigenvalue weighted by Gasteiger charge is 2.22. The Kier molecular flexibility index (Phi) is 4.62. The number of nitrogens with one attached hydrogen (secondary N) is 1. The fourth-order valence-electron chi connectivity index (χ4n) is 4.31. The van der Waals surface area contributed by atoms with Crippen molar-refractivity contribution in [2.45, 2.75) is 6.92 Å². The van der Waals surface area contributed by atoms with Crippen LogP contribution in [0.25, 0.3) is 50.8 Å². The molecule has 0 spiro atoms. The summed E-state index contributed by atoms with van der Waals surface area (Å²) in [5.74, 6) is 0.829. The van der Waals surface area contributed by atoms with Crippen LogP contribution in [0.1, 0.15) is 5.56 Å². The number of imidazole rings is 1. The van der Waals surface area contributed by atoms with Crippen LogP contribution in [0.15, 0.2) is 109 Å². The topological polar surface area (TPSA) is 46.5 Å². The largest absolute Gasteiger partial charge is 0.337 e. The molecule has 0 bridgehead atoms. The van der Waals surface area contributed by atoms with E-state index in [0.717, 1.165) is 50.8 Å². The molecule has 0 atom stereocenters. The lowest BCUT2D eigenvalue weighted by atomic mass is 10.0. The second-order valence-electron chi connectivity index (χ2n) is 8.15. The molecule has 0 fully saturated rings. The van der Waals surface area contributed by atoms with Gasteiger partial charge in [-0.25, -0.2) is 4.98 Å². The summed E-state index contributed by atoms with van der Waals surface area (Å²) in [6.07, 6.45) is 1.84. The number of aromatic amines is 1. The molecule has 4 heteroatoms. The zero-order valence-electron chi connectivity index (χ0n) is 18.2. The van der Waals surface area contributed by atoms with Crippen LogP contribution in [0, 0.1) is 6.92 Å². The number of aromatic nitrogens is 4. The first-order valence-electron chi connectivity index (χ1n) is 11.0. The second kappa shape index (κ2) is 7.92. The molecule has 6 aromatic rings. The number of nitrogens with zero attached hydrogens (tertiary/aromatic N) is 3. The number of pyridine rings is 1. The molecule has 0 saturated carbocycles. The van der Waals surface area contributed by atoms with Crippen LogP contribution < -0.4 is 0 Å². The lowest BCUT2D eigenvalue weighted by Gasteiger charge is -2.14. The third kappa shape index (κ3) is 3.42. The van der Waals surface area contributed by atoms with Crippen LogP contribution in [-0.2, 0) is 0 Å². The van der Waals surface area contributed by atoms with Crippen molar-refractivity contribution in [3.05, 3.63) is 115 Å². The van der Waals surface area contributed by atoms with Crippen LogP contribution in [0.5, 0.6) is 0 Å². The summed E-state index contributed by atoms with van der Waals surface area (Å²) in [6.45, 7) is 2.11. The Balaban J connectivity index is 1.71. The maximum Gasteiger partial charge on any atom is 0.155 e. The molecule has 0 radical (unpaired) electrons. The number of H-pyrrole nitrogens is 1. The smallest absolute Gasteiger partial charge is 0.155 e. The number of benzene rings is 3. The van der Waals surface area contributed by atoms with Gasteiger partial charge in [0.15, 0.2) is 5.82 Å². The molecule has 1 N–H and O–H groups in total. The highest BCUT2D eigenvalue weighted by molar-refractivity contribution is 5.88. The van der Waals surface area contributed by atoms with Crippen LogP contribution in [-0.4, -0.2) is 19.5 Å². The molecule has 0 amide bonds. The first-order chi connectivity index (χ1) is 16.3. The lowest BCUT2D eigenvalue weighted by Crippen LogP contribution is -2.01. The van der Waals surface area contributed by atoms with Gasteiger partial charge in [-0.2, -0.15) is 0 Å². The SMILES string of the molecule is Cc1ccc(-c2cc(-c3nc4ccccc4[nH]3)n(-c3ccccc3)c2-c2ccccn2)cc1. The van der Waals surface area contributed by atoms with E-state index >= 15 is 0 Å². The van der Waals surface area contributed by atoms with Crippen molar-refractivity contribution in [3.63, 3.8) is 0 Å². The summed E-state index contributed by atoms with van der Waals surface area (Å²) in [4.78, 5) is 13.2. The minimum Gasteiger partial charge on any atom is -0.337 e. The quantitative estimate of drug-likeness (QED) is 0.328. The predicted octanol–water partition coefficient (Wildman–Crippen LogP) is 7.06. The average molecular weight is 427 g/mol. The molecule has 3 aromatic heterocycles. The summed E-state index contributed by atoms with van der Waals surface area (Å²) in [6, 6.07) is 35.5. The molecule has 3 heterocycles. The fraction of sp³-hybridized carbons (Fsp3) is 0.0345. The molecular formula is C29H22N4. The van der Waals surface area contributed by atoms with Gasteiger partial charge in [0.1, 0.15) is 0 Å². The second-order valence-corrected chi connectivity index (χ2v) is 8.15. The van der Waals surface area contributed by atoms with Gasteiger partial charge < -0.3 is 9.55 Å². The van der Waals surface area contributed by atoms with Gasteiger partial charge in [0.05, 0.1) is 28.1 Å². The van der Waals surface area contributed by atoms with Gasteiger partial charge in [-0.05, 0) is 55.0 Å². The van der Waals surface area contributed by atoms with E-state index in [1.165, 1.54) is 5.56 Å². The summed E-state index contributed by atoms with van der Waals surface area (Å²) in [7, 11) is 0. The zero-order valence-corrected chi connectivity index (χ0v) is 18.2. The number of hydrogen-bond acceptors (Lipinski definition) is 2. The van der Waals surface area contributed by atoms with E-state index in [1.54, 1.807) is 0 Å². The van der Waals surface area contributed by atoms with Crippen LogP contribution in [0.2, 0.25) is 0 Å². The third-order valence-electron chi connectivity index (χ3n) is 5.92. The molecule has 0 aliphatic rings. The predicted molar refractivity (Wildman–Crippen MR) is 134 cm³/mol. The highest BCUT2D eigenvalue weighted by atomic mass is 15.1. The number of aryl methyl sites for hydroxylation is 1. The summed E-state index contributed by atoms with van der Waals surface area (Å²) in [5, 5.41) is 0. The van der Waals surface area contributed by atoms with Crippen molar-refractivity contribution in [1.29, 1.82) is 0 Å². The van der Waals surface area contributed by atoms with Crippen molar-refractivity contribution >= 4 is 11.0 Å². The average Bonchev–Trinajstić information content (AvgIpc) is 3.48. The highest BCUT2D eigenvalue weighted by Crippen LogP contribution is 2.40. The van der Waals surface area contributed by atoms with Crippen molar-refractivity contribution in [2.75, 3.05) is 0 Å². The van der Waals surface area contributed by atoms with Crippen molar-refractivity contribution in [1.82, 2.24) is 19.5 Å². The van der Waals surface area contributed by atoms with E-state index in [-0.39, 0.29) is 0 Å². The fourth-order valence-corrected chi connectivity index (χ4v) is 4.31. The molecule has 4 nitrogen and oxygen atoms in total. The Morgan fingerprint density at radius 2 is 1.52 bits per heavy atom. The number of rotatable bonds is 4.